The lowest BCUT2D eigenvalue weighted by atomic mass is 10.1. The maximum absolute atomic E-state index is 12.4. The number of halogens is 2. The Morgan fingerprint density at radius 2 is 1.89 bits per heavy atom. The second kappa shape index (κ2) is 8.80. The normalized spacial score (nSPS) is 18.4. The van der Waals surface area contributed by atoms with Gasteiger partial charge < -0.3 is 4.74 Å². The molecule has 1 aliphatic heterocycles. The van der Waals surface area contributed by atoms with Gasteiger partial charge in [-0.2, -0.15) is 0 Å². The van der Waals surface area contributed by atoms with Crippen LogP contribution in [0.5, 0.6) is 0 Å². The lowest BCUT2D eigenvalue weighted by molar-refractivity contribution is -0.0281. The fourth-order valence-corrected chi connectivity index (χ4v) is 4.53. The van der Waals surface area contributed by atoms with Crippen LogP contribution in [-0.4, -0.2) is 39.6 Å². The Balaban J connectivity index is 1.65. The van der Waals surface area contributed by atoms with Crippen molar-refractivity contribution in [2.75, 3.05) is 31.0 Å². The summed E-state index contributed by atoms with van der Waals surface area (Å²) in [5, 5.41) is 0.732. The van der Waals surface area contributed by atoms with Crippen molar-refractivity contribution < 1.29 is 13.2 Å². The summed E-state index contributed by atoms with van der Waals surface area (Å²) >= 11 is 11.8. The number of ether oxygens (including phenoxy) is 1. The molecule has 2 aromatic carbocycles. The quantitative estimate of drug-likeness (QED) is 0.743. The zero-order valence-electron chi connectivity index (χ0n) is 15.0. The highest BCUT2D eigenvalue weighted by Crippen LogP contribution is 2.25. The number of likely N-dealkylation sites (N-methyl/N-ethyl adjacent to an activating group) is 1. The van der Waals surface area contributed by atoms with Gasteiger partial charge in [-0.25, -0.2) is 8.42 Å². The third-order valence-corrected chi connectivity index (χ3v) is 6.49. The van der Waals surface area contributed by atoms with Crippen molar-refractivity contribution in [3.63, 3.8) is 0 Å². The van der Waals surface area contributed by atoms with E-state index in [1.807, 2.05) is 12.1 Å². The number of morpholine rings is 1. The highest BCUT2D eigenvalue weighted by Gasteiger charge is 2.21. The summed E-state index contributed by atoms with van der Waals surface area (Å²) < 4.78 is 33.3. The number of sulfonamides is 1. The third-order valence-electron chi connectivity index (χ3n) is 4.49. The van der Waals surface area contributed by atoms with E-state index in [2.05, 4.69) is 16.5 Å². The topological polar surface area (TPSA) is 58.6 Å². The maximum Gasteiger partial charge on any atom is 0.236 e. The second-order valence-corrected chi connectivity index (χ2v) is 9.02. The van der Waals surface area contributed by atoms with E-state index in [1.54, 1.807) is 30.3 Å². The summed E-state index contributed by atoms with van der Waals surface area (Å²) in [4.78, 5) is 2.34. The molecule has 27 heavy (non-hydrogen) atoms. The highest BCUT2D eigenvalue weighted by atomic mass is 35.5. The lowest BCUT2D eigenvalue weighted by Crippen LogP contribution is -2.38. The first-order chi connectivity index (χ1) is 12.9. The number of anilines is 1. The summed E-state index contributed by atoms with van der Waals surface area (Å²) in [6.07, 6.45) is 0.0144. The molecule has 5 nitrogen and oxygen atoms in total. The smallest absolute Gasteiger partial charge is 0.236 e. The molecule has 1 fully saturated rings. The largest absolute Gasteiger partial charge is 0.371 e. The van der Waals surface area contributed by atoms with Gasteiger partial charge in [0, 0.05) is 18.8 Å². The molecule has 0 aliphatic carbocycles. The molecule has 1 heterocycles. The standard InChI is InChI=1S/C19H22Cl2N2O3S/c1-2-23-9-10-26-19(12-23)15-4-6-16(7-5-15)22-27(24,25)13-14-3-8-17(20)18(21)11-14/h3-8,11,19,22H,2,9-10,12-13H2,1H3. The molecule has 0 spiro atoms. The second-order valence-electron chi connectivity index (χ2n) is 6.48. The van der Waals surface area contributed by atoms with Crippen molar-refractivity contribution in [3.05, 3.63) is 63.6 Å². The number of benzene rings is 2. The molecule has 0 saturated carbocycles. The lowest BCUT2D eigenvalue weighted by Gasteiger charge is -2.32. The molecule has 1 aliphatic rings. The summed E-state index contributed by atoms with van der Waals surface area (Å²) in [6, 6.07) is 12.1. The molecule has 0 radical (unpaired) electrons. The van der Waals surface area contributed by atoms with Gasteiger partial charge in [0.05, 0.1) is 28.5 Å². The minimum Gasteiger partial charge on any atom is -0.371 e. The van der Waals surface area contributed by atoms with Crippen LogP contribution in [-0.2, 0) is 20.5 Å². The Bertz CT molecular complexity index is 888. The molecule has 0 aromatic heterocycles. The van der Waals surface area contributed by atoms with Crippen LogP contribution < -0.4 is 4.72 Å². The van der Waals surface area contributed by atoms with E-state index in [-0.39, 0.29) is 11.9 Å². The Hall–Kier alpha value is -1.31. The van der Waals surface area contributed by atoms with Crippen LogP contribution in [0.15, 0.2) is 42.5 Å². The number of hydrogen-bond acceptors (Lipinski definition) is 4. The van der Waals surface area contributed by atoms with Crippen LogP contribution in [0, 0.1) is 0 Å². The molecule has 0 bridgehead atoms. The zero-order valence-corrected chi connectivity index (χ0v) is 17.3. The van der Waals surface area contributed by atoms with Crippen LogP contribution in [0.2, 0.25) is 10.0 Å². The van der Waals surface area contributed by atoms with Crippen molar-refractivity contribution in [2.24, 2.45) is 0 Å². The molecule has 2 aromatic rings. The molecule has 8 heteroatoms. The SMILES string of the molecule is CCN1CCOC(c2ccc(NS(=O)(=O)Cc3ccc(Cl)c(Cl)c3)cc2)C1. The average Bonchev–Trinajstić information content (AvgIpc) is 2.65. The van der Waals surface area contributed by atoms with E-state index in [4.69, 9.17) is 27.9 Å². The highest BCUT2D eigenvalue weighted by molar-refractivity contribution is 7.91. The van der Waals surface area contributed by atoms with E-state index >= 15 is 0 Å². The van der Waals surface area contributed by atoms with Crippen LogP contribution in [0.4, 0.5) is 5.69 Å². The Kier molecular flexibility index (Phi) is 6.65. The molecular weight excluding hydrogens is 407 g/mol. The van der Waals surface area contributed by atoms with Gasteiger partial charge in [0.15, 0.2) is 0 Å². The van der Waals surface area contributed by atoms with E-state index in [1.165, 1.54) is 0 Å². The Morgan fingerprint density at radius 3 is 2.56 bits per heavy atom. The van der Waals surface area contributed by atoms with Crippen LogP contribution in [0.3, 0.4) is 0 Å². The van der Waals surface area contributed by atoms with Gasteiger partial charge in [-0.3, -0.25) is 9.62 Å². The Labute approximate surface area is 170 Å². The van der Waals surface area contributed by atoms with Crippen LogP contribution in [0.1, 0.15) is 24.2 Å². The fourth-order valence-electron chi connectivity index (χ4n) is 3.02. The average molecular weight is 429 g/mol. The predicted octanol–water partition coefficient (Wildman–Crippen LogP) is 4.33. The summed E-state index contributed by atoms with van der Waals surface area (Å²) in [5.41, 5.74) is 2.13. The number of nitrogens with zero attached hydrogens (tertiary/aromatic N) is 1. The van der Waals surface area contributed by atoms with Crippen molar-refractivity contribution in [1.82, 2.24) is 4.90 Å². The van der Waals surface area contributed by atoms with E-state index in [0.717, 1.165) is 25.2 Å². The van der Waals surface area contributed by atoms with Crippen molar-refractivity contribution in [1.29, 1.82) is 0 Å². The molecule has 146 valence electrons. The zero-order chi connectivity index (χ0) is 19.4. The van der Waals surface area contributed by atoms with Gasteiger partial charge in [-0.15, -0.1) is 0 Å². The third kappa shape index (κ3) is 5.59. The van der Waals surface area contributed by atoms with E-state index in [9.17, 15) is 8.42 Å². The molecule has 3 rings (SSSR count). The van der Waals surface area contributed by atoms with E-state index in [0.29, 0.717) is 27.9 Å². The maximum atomic E-state index is 12.4. The van der Waals surface area contributed by atoms with Crippen molar-refractivity contribution >= 4 is 38.9 Å². The molecular formula is C19H22Cl2N2O3S. The summed E-state index contributed by atoms with van der Waals surface area (Å²) in [6.45, 7) is 5.62. The van der Waals surface area contributed by atoms with Gasteiger partial charge in [0.2, 0.25) is 10.0 Å². The minimum absolute atomic E-state index is 0.0144. The Morgan fingerprint density at radius 1 is 1.15 bits per heavy atom. The van der Waals surface area contributed by atoms with Crippen LogP contribution in [0.25, 0.3) is 0 Å². The minimum atomic E-state index is -3.56. The molecule has 1 atom stereocenters. The van der Waals surface area contributed by atoms with Crippen molar-refractivity contribution in [2.45, 2.75) is 18.8 Å². The van der Waals surface area contributed by atoms with Gasteiger partial charge in [0.1, 0.15) is 0 Å². The van der Waals surface area contributed by atoms with Crippen LogP contribution >= 0.6 is 23.2 Å². The molecule has 1 unspecified atom stereocenters. The number of rotatable bonds is 6. The summed E-state index contributed by atoms with van der Waals surface area (Å²) in [5.74, 6) is -0.178. The van der Waals surface area contributed by atoms with Gasteiger partial charge >= 0.3 is 0 Å². The first kappa shape index (κ1) is 20.4. The number of hydrogen-bond donors (Lipinski definition) is 1. The monoisotopic (exact) mass is 428 g/mol. The molecule has 1 saturated heterocycles. The molecule has 1 N–H and O–H groups in total. The van der Waals surface area contributed by atoms with E-state index < -0.39 is 10.0 Å². The van der Waals surface area contributed by atoms with Crippen molar-refractivity contribution in [3.8, 4) is 0 Å². The fraction of sp³-hybridized carbons (Fsp3) is 0.368. The van der Waals surface area contributed by atoms with Gasteiger partial charge in [-0.05, 0) is 41.9 Å². The predicted molar refractivity (Wildman–Crippen MR) is 110 cm³/mol. The number of nitrogens with one attached hydrogen (secondary N) is 1. The molecule has 0 amide bonds. The first-order valence-corrected chi connectivity index (χ1v) is 11.2. The summed E-state index contributed by atoms with van der Waals surface area (Å²) in [7, 11) is -3.56. The first-order valence-electron chi connectivity index (χ1n) is 8.74. The van der Waals surface area contributed by atoms with Gasteiger partial charge in [-0.1, -0.05) is 48.3 Å². The van der Waals surface area contributed by atoms with Gasteiger partial charge in [0.25, 0.3) is 0 Å².